The molecule has 2 aromatic carbocycles. The molecule has 6 heteroatoms. The zero-order valence-corrected chi connectivity index (χ0v) is 18.5. The van der Waals surface area contributed by atoms with Crippen LogP contribution in [-0.2, 0) is 30.7 Å². The Bertz CT molecular complexity index is 1200. The van der Waals surface area contributed by atoms with Crippen molar-refractivity contribution in [3.63, 3.8) is 0 Å². The van der Waals surface area contributed by atoms with Crippen molar-refractivity contribution in [2.24, 2.45) is 4.99 Å². The maximum absolute atomic E-state index is 12.7. The first-order valence-corrected chi connectivity index (χ1v) is 10.9. The summed E-state index contributed by atoms with van der Waals surface area (Å²) in [7, 11) is 1.55. The highest BCUT2D eigenvalue weighted by molar-refractivity contribution is 6.15. The van der Waals surface area contributed by atoms with E-state index < -0.39 is 0 Å². The number of aryl methyl sites for hydroxylation is 1. The van der Waals surface area contributed by atoms with E-state index in [1.807, 2.05) is 0 Å². The number of aromatic nitrogens is 2. The zero-order chi connectivity index (χ0) is 22.1. The molecule has 6 nitrogen and oxygen atoms in total. The van der Waals surface area contributed by atoms with Crippen LogP contribution in [0.25, 0.3) is 0 Å². The Morgan fingerprint density at radius 1 is 1.03 bits per heavy atom. The Hall–Kier alpha value is -3.38. The van der Waals surface area contributed by atoms with Gasteiger partial charge >= 0.3 is 6.01 Å². The zero-order valence-electron chi connectivity index (χ0n) is 18.5. The summed E-state index contributed by atoms with van der Waals surface area (Å²) in [5.74, 6) is 0.274. The smallest absolute Gasteiger partial charge is 0.316 e. The van der Waals surface area contributed by atoms with Crippen molar-refractivity contribution in [1.29, 1.82) is 0 Å². The highest BCUT2D eigenvalue weighted by Gasteiger charge is 2.25. The molecule has 1 aromatic heterocycles. The van der Waals surface area contributed by atoms with Gasteiger partial charge in [-0.25, -0.2) is 9.97 Å². The van der Waals surface area contributed by atoms with Crippen molar-refractivity contribution < 1.29 is 9.53 Å². The molecule has 5 rings (SSSR count). The number of nitrogens with zero attached hydrogens (tertiary/aromatic N) is 4. The number of fused-ring (bicyclic) bond motifs is 2. The molecule has 0 bridgehead atoms. The molecule has 0 fully saturated rings. The van der Waals surface area contributed by atoms with Crippen LogP contribution in [0, 0.1) is 6.92 Å². The fourth-order valence-corrected chi connectivity index (χ4v) is 4.57. The lowest BCUT2D eigenvalue weighted by Crippen LogP contribution is -2.29. The van der Waals surface area contributed by atoms with E-state index in [4.69, 9.17) is 9.73 Å². The Morgan fingerprint density at radius 3 is 2.66 bits per heavy atom. The van der Waals surface area contributed by atoms with E-state index >= 15 is 0 Å². The molecule has 162 valence electrons. The number of hydrogen-bond acceptors (Lipinski definition) is 6. The summed E-state index contributed by atoms with van der Waals surface area (Å²) in [4.78, 5) is 28.1. The third kappa shape index (κ3) is 4.18. The minimum atomic E-state index is 0.274. The van der Waals surface area contributed by atoms with E-state index in [1.165, 1.54) is 16.7 Å². The normalized spacial score (nSPS) is 15.7. The molecular weight excluding hydrogens is 400 g/mol. The van der Waals surface area contributed by atoms with E-state index in [0.29, 0.717) is 25.5 Å². The molecule has 0 unspecified atom stereocenters. The van der Waals surface area contributed by atoms with E-state index in [1.54, 1.807) is 19.5 Å². The van der Waals surface area contributed by atoms with Crippen molar-refractivity contribution in [3.8, 4) is 6.01 Å². The highest BCUT2D eigenvalue weighted by atomic mass is 16.5. The Morgan fingerprint density at radius 2 is 1.88 bits per heavy atom. The first-order chi connectivity index (χ1) is 15.6. The monoisotopic (exact) mass is 426 g/mol. The molecule has 0 aliphatic carbocycles. The number of ketones is 1. The number of ether oxygens (including phenoxy) is 1. The molecule has 3 heterocycles. The minimum Gasteiger partial charge on any atom is -0.467 e. The highest BCUT2D eigenvalue weighted by Crippen LogP contribution is 2.29. The molecule has 2 aliphatic rings. The number of carbonyl (C=O) groups excluding carboxylic acids is 1. The van der Waals surface area contributed by atoms with Gasteiger partial charge in [-0.3, -0.25) is 14.7 Å². The number of benzene rings is 2. The van der Waals surface area contributed by atoms with Gasteiger partial charge in [0.25, 0.3) is 0 Å². The maximum atomic E-state index is 12.7. The molecule has 0 N–H and O–H groups in total. The summed E-state index contributed by atoms with van der Waals surface area (Å²) in [6, 6.07) is 13.3. The average Bonchev–Trinajstić information content (AvgIpc) is 3.12. The molecule has 32 heavy (non-hydrogen) atoms. The van der Waals surface area contributed by atoms with Crippen LogP contribution < -0.4 is 4.74 Å². The van der Waals surface area contributed by atoms with E-state index in [9.17, 15) is 4.79 Å². The fraction of sp³-hybridized carbons (Fsp3) is 0.308. The van der Waals surface area contributed by atoms with Crippen LogP contribution in [0.4, 0.5) is 0 Å². The van der Waals surface area contributed by atoms with E-state index in [2.05, 4.69) is 58.2 Å². The lowest BCUT2D eigenvalue weighted by Gasteiger charge is -2.20. The summed E-state index contributed by atoms with van der Waals surface area (Å²) in [5.41, 5.74) is 8.99. The summed E-state index contributed by atoms with van der Waals surface area (Å²) < 4.78 is 5.07. The molecule has 0 saturated heterocycles. The van der Waals surface area contributed by atoms with Gasteiger partial charge in [-0.15, -0.1) is 0 Å². The molecule has 0 spiro atoms. The summed E-state index contributed by atoms with van der Waals surface area (Å²) in [6.07, 6.45) is 4.93. The van der Waals surface area contributed by atoms with Crippen molar-refractivity contribution in [3.05, 3.63) is 87.7 Å². The minimum absolute atomic E-state index is 0.274. The van der Waals surface area contributed by atoms with Crippen LogP contribution in [0.5, 0.6) is 6.01 Å². The first-order valence-electron chi connectivity index (χ1n) is 10.9. The number of rotatable bonds is 5. The quantitative estimate of drug-likeness (QED) is 0.626. The van der Waals surface area contributed by atoms with Crippen LogP contribution in [-0.4, -0.2) is 46.6 Å². The number of aliphatic imine (C=N–C) groups is 1. The van der Waals surface area contributed by atoms with Crippen LogP contribution in [0.3, 0.4) is 0 Å². The van der Waals surface area contributed by atoms with Gasteiger partial charge in [-0.05, 0) is 41.7 Å². The fourth-order valence-electron chi connectivity index (χ4n) is 4.57. The van der Waals surface area contributed by atoms with Crippen molar-refractivity contribution in [2.45, 2.75) is 32.9 Å². The average molecular weight is 427 g/mol. The van der Waals surface area contributed by atoms with Gasteiger partial charge in [-0.1, -0.05) is 35.9 Å². The molecule has 3 aromatic rings. The second-order valence-electron chi connectivity index (χ2n) is 8.57. The number of Topliss-reactive ketones (excluding diaryl/α,β-unsaturated/α-hetero) is 1. The van der Waals surface area contributed by atoms with Crippen molar-refractivity contribution in [1.82, 2.24) is 14.9 Å². The third-order valence-electron chi connectivity index (χ3n) is 6.15. The lowest BCUT2D eigenvalue weighted by atomic mass is 9.94. The maximum Gasteiger partial charge on any atom is 0.316 e. The molecule has 0 radical (unpaired) electrons. The number of methoxy groups -OCH3 is 1. The van der Waals surface area contributed by atoms with E-state index in [0.717, 1.165) is 47.5 Å². The third-order valence-corrected chi connectivity index (χ3v) is 6.15. The van der Waals surface area contributed by atoms with Crippen molar-refractivity contribution in [2.75, 3.05) is 20.2 Å². The summed E-state index contributed by atoms with van der Waals surface area (Å²) in [6.45, 7) is 4.86. The van der Waals surface area contributed by atoms with Gasteiger partial charge in [0.05, 0.1) is 25.9 Å². The van der Waals surface area contributed by atoms with Crippen molar-refractivity contribution >= 4 is 11.5 Å². The van der Waals surface area contributed by atoms with Gasteiger partial charge in [0, 0.05) is 43.0 Å². The van der Waals surface area contributed by atoms with E-state index in [-0.39, 0.29) is 5.78 Å². The molecular formula is C26H26N4O2. The van der Waals surface area contributed by atoms with Crippen LogP contribution in [0.15, 0.2) is 53.8 Å². The Balaban J connectivity index is 1.39. The predicted octanol–water partition coefficient (Wildman–Crippen LogP) is 3.31. The predicted molar refractivity (Wildman–Crippen MR) is 123 cm³/mol. The van der Waals surface area contributed by atoms with Gasteiger partial charge in [0.2, 0.25) is 0 Å². The number of hydrogen-bond donors (Lipinski definition) is 0. The van der Waals surface area contributed by atoms with Crippen LogP contribution >= 0.6 is 0 Å². The number of carbonyl (C=O) groups is 1. The standard InChI is InChI=1S/C26H26N4O2/c1-17-4-3-5-18(8-17)6-7-30-15-21-11-24-20(9-19(21)10-23(31)16-30)12-27-25(24)22-13-28-26(32-2)29-14-22/h3-5,8-9,11,13-14H,6-7,10,12,15-16H2,1-2H3. The molecule has 0 saturated carbocycles. The first kappa shape index (κ1) is 20.5. The lowest BCUT2D eigenvalue weighted by molar-refractivity contribution is -0.119. The SMILES string of the molecule is COc1ncc(C2=NCc3cc4c(cc32)CN(CCc2cccc(C)c2)CC(=O)C4)cn1. The van der Waals surface area contributed by atoms with Crippen LogP contribution in [0.1, 0.15) is 38.9 Å². The largest absolute Gasteiger partial charge is 0.467 e. The molecule has 0 amide bonds. The van der Waals surface area contributed by atoms with Gasteiger partial charge in [0.1, 0.15) is 0 Å². The summed E-state index contributed by atoms with van der Waals surface area (Å²) >= 11 is 0. The topological polar surface area (TPSA) is 67.7 Å². The van der Waals surface area contributed by atoms with Gasteiger partial charge in [-0.2, -0.15) is 0 Å². The summed E-state index contributed by atoms with van der Waals surface area (Å²) in [5, 5.41) is 0. The molecule has 0 atom stereocenters. The van der Waals surface area contributed by atoms with Gasteiger partial charge in [0.15, 0.2) is 5.78 Å². The van der Waals surface area contributed by atoms with Gasteiger partial charge < -0.3 is 4.74 Å². The van der Waals surface area contributed by atoms with Crippen LogP contribution in [0.2, 0.25) is 0 Å². The molecule has 2 aliphatic heterocycles. The Kier molecular flexibility index (Phi) is 5.53. The second kappa shape index (κ2) is 8.63. The Labute approximate surface area is 188 Å². The second-order valence-corrected chi connectivity index (χ2v) is 8.57.